The highest BCUT2D eigenvalue weighted by Gasteiger charge is 2.42. The van der Waals surface area contributed by atoms with Crippen LogP contribution in [0.2, 0.25) is 0 Å². The SMILES string of the molecule is O=C(c1cccnc1)N1CCOC2(COCCN(c3ncccn3)C2)C1. The molecule has 2 saturated heterocycles. The molecule has 4 heterocycles. The fraction of sp³-hybridized carbons (Fsp3) is 0.444. The topological polar surface area (TPSA) is 80.7 Å². The van der Waals surface area contributed by atoms with Crippen molar-refractivity contribution in [3.8, 4) is 0 Å². The summed E-state index contributed by atoms with van der Waals surface area (Å²) < 4.78 is 11.9. The Morgan fingerprint density at radius 2 is 1.96 bits per heavy atom. The molecule has 2 aromatic heterocycles. The summed E-state index contributed by atoms with van der Waals surface area (Å²) in [4.78, 5) is 29.4. The van der Waals surface area contributed by atoms with E-state index in [-0.39, 0.29) is 5.91 Å². The minimum Gasteiger partial charge on any atom is -0.376 e. The van der Waals surface area contributed by atoms with Crippen molar-refractivity contribution >= 4 is 11.9 Å². The van der Waals surface area contributed by atoms with Crippen LogP contribution in [0.5, 0.6) is 0 Å². The van der Waals surface area contributed by atoms with Gasteiger partial charge in [-0.25, -0.2) is 9.97 Å². The molecule has 1 unspecified atom stereocenters. The van der Waals surface area contributed by atoms with Gasteiger partial charge in [-0.2, -0.15) is 0 Å². The highest BCUT2D eigenvalue weighted by Crippen LogP contribution is 2.25. The van der Waals surface area contributed by atoms with Crippen LogP contribution >= 0.6 is 0 Å². The van der Waals surface area contributed by atoms with E-state index in [0.29, 0.717) is 57.5 Å². The Hall–Kier alpha value is -2.58. The van der Waals surface area contributed by atoms with Crippen LogP contribution in [0.15, 0.2) is 43.0 Å². The summed E-state index contributed by atoms with van der Waals surface area (Å²) in [6.45, 7) is 3.76. The molecule has 2 aromatic rings. The Balaban J connectivity index is 1.53. The summed E-state index contributed by atoms with van der Waals surface area (Å²) in [6.07, 6.45) is 6.70. The van der Waals surface area contributed by atoms with Gasteiger partial charge in [0.05, 0.1) is 38.5 Å². The molecular formula is C18H21N5O3. The predicted molar refractivity (Wildman–Crippen MR) is 93.9 cm³/mol. The zero-order chi connectivity index (χ0) is 17.8. The summed E-state index contributed by atoms with van der Waals surface area (Å²) in [5.74, 6) is 0.615. The first kappa shape index (κ1) is 16.9. The van der Waals surface area contributed by atoms with Crippen molar-refractivity contribution in [3.05, 3.63) is 48.5 Å². The van der Waals surface area contributed by atoms with E-state index in [9.17, 15) is 4.79 Å². The van der Waals surface area contributed by atoms with Gasteiger partial charge in [0.25, 0.3) is 5.91 Å². The van der Waals surface area contributed by atoms with Crippen LogP contribution in [0.1, 0.15) is 10.4 Å². The average Bonchev–Trinajstić information content (AvgIpc) is 2.91. The number of ether oxygens (including phenoxy) is 2. The molecular weight excluding hydrogens is 334 g/mol. The molecule has 4 rings (SSSR count). The summed E-state index contributed by atoms with van der Waals surface area (Å²) in [6, 6.07) is 5.34. The third-order valence-electron chi connectivity index (χ3n) is 4.63. The maximum atomic E-state index is 12.8. The highest BCUT2D eigenvalue weighted by molar-refractivity contribution is 5.94. The van der Waals surface area contributed by atoms with Gasteiger partial charge in [-0.15, -0.1) is 0 Å². The van der Waals surface area contributed by atoms with Crippen LogP contribution in [-0.4, -0.2) is 77.4 Å². The number of aromatic nitrogens is 3. The number of morpholine rings is 1. The van der Waals surface area contributed by atoms with E-state index < -0.39 is 5.60 Å². The van der Waals surface area contributed by atoms with Crippen LogP contribution in [0, 0.1) is 0 Å². The van der Waals surface area contributed by atoms with Crippen LogP contribution in [-0.2, 0) is 9.47 Å². The molecule has 0 radical (unpaired) electrons. The number of hydrogen-bond acceptors (Lipinski definition) is 7. The van der Waals surface area contributed by atoms with E-state index >= 15 is 0 Å². The van der Waals surface area contributed by atoms with Gasteiger partial charge in [0.2, 0.25) is 5.95 Å². The fourth-order valence-corrected chi connectivity index (χ4v) is 3.40. The second-order valence-corrected chi connectivity index (χ2v) is 6.52. The Labute approximate surface area is 151 Å². The highest BCUT2D eigenvalue weighted by atomic mass is 16.5. The maximum absolute atomic E-state index is 12.8. The third kappa shape index (κ3) is 3.51. The van der Waals surface area contributed by atoms with Crippen molar-refractivity contribution in [3.63, 3.8) is 0 Å². The lowest BCUT2D eigenvalue weighted by molar-refractivity contribution is -0.124. The fourth-order valence-electron chi connectivity index (χ4n) is 3.40. The summed E-state index contributed by atoms with van der Waals surface area (Å²) in [5, 5.41) is 0. The predicted octanol–water partition coefficient (Wildman–Crippen LogP) is 0.620. The largest absolute Gasteiger partial charge is 0.376 e. The first-order valence-corrected chi connectivity index (χ1v) is 8.69. The van der Waals surface area contributed by atoms with E-state index in [1.807, 2.05) is 4.90 Å². The molecule has 26 heavy (non-hydrogen) atoms. The van der Waals surface area contributed by atoms with Gasteiger partial charge in [0.1, 0.15) is 5.60 Å². The molecule has 0 aliphatic carbocycles. The van der Waals surface area contributed by atoms with Gasteiger partial charge in [-0.3, -0.25) is 9.78 Å². The molecule has 0 aromatic carbocycles. The number of rotatable bonds is 2. The normalized spacial score (nSPS) is 23.7. The summed E-state index contributed by atoms with van der Waals surface area (Å²) in [5.41, 5.74) is -0.00595. The third-order valence-corrected chi connectivity index (χ3v) is 4.63. The van der Waals surface area contributed by atoms with Crippen LogP contribution in [0.25, 0.3) is 0 Å². The average molecular weight is 355 g/mol. The second-order valence-electron chi connectivity index (χ2n) is 6.52. The molecule has 1 atom stereocenters. The lowest BCUT2D eigenvalue weighted by atomic mass is 10.0. The molecule has 8 nitrogen and oxygen atoms in total. The van der Waals surface area contributed by atoms with Crippen LogP contribution in [0.3, 0.4) is 0 Å². The van der Waals surface area contributed by atoms with Crippen molar-refractivity contribution in [2.75, 3.05) is 50.9 Å². The molecule has 2 aliphatic heterocycles. The molecule has 1 amide bonds. The smallest absolute Gasteiger partial charge is 0.255 e. The Morgan fingerprint density at radius 3 is 2.77 bits per heavy atom. The standard InChI is InChI=1S/C18H21N5O3/c24-16(15-3-1-4-19-11-15)22-8-10-26-18(12-22)13-23(7-9-25-14-18)17-20-5-2-6-21-17/h1-6,11H,7-10,12-14H2. The van der Waals surface area contributed by atoms with Crippen LogP contribution < -0.4 is 4.90 Å². The number of pyridine rings is 1. The first-order valence-electron chi connectivity index (χ1n) is 8.69. The monoisotopic (exact) mass is 355 g/mol. The summed E-state index contributed by atoms with van der Waals surface area (Å²) >= 11 is 0. The lowest BCUT2D eigenvalue weighted by Crippen LogP contribution is -2.60. The van der Waals surface area contributed by atoms with Gasteiger partial charge in [-0.05, 0) is 18.2 Å². The molecule has 8 heteroatoms. The second kappa shape index (κ2) is 7.35. The van der Waals surface area contributed by atoms with Gasteiger partial charge in [0, 0.05) is 37.9 Å². The van der Waals surface area contributed by atoms with Gasteiger partial charge < -0.3 is 19.3 Å². The molecule has 2 fully saturated rings. The number of carbonyl (C=O) groups excluding carboxylic acids is 1. The Morgan fingerprint density at radius 1 is 1.08 bits per heavy atom. The number of amides is 1. The van der Waals surface area contributed by atoms with E-state index in [2.05, 4.69) is 19.9 Å². The molecule has 0 bridgehead atoms. The maximum Gasteiger partial charge on any atom is 0.255 e. The molecule has 0 N–H and O–H groups in total. The zero-order valence-corrected chi connectivity index (χ0v) is 14.5. The van der Waals surface area contributed by atoms with E-state index in [4.69, 9.17) is 9.47 Å². The van der Waals surface area contributed by atoms with Gasteiger partial charge in [-0.1, -0.05) is 0 Å². The van der Waals surface area contributed by atoms with Crippen molar-refractivity contribution < 1.29 is 14.3 Å². The van der Waals surface area contributed by atoms with Crippen molar-refractivity contribution in [2.24, 2.45) is 0 Å². The van der Waals surface area contributed by atoms with Crippen molar-refractivity contribution in [1.82, 2.24) is 19.9 Å². The summed E-state index contributed by atoms with van der Waals surface area (Å²) in [7, 11) is 0. The van der Waals surface area contributed by atoms with E-state index in [1.54, 1.807) is 43.0 Å². The Bertz CT molecular complexity index is 745. The first-order chi connectivity index (χ1) is 12.8. The number of hydrogen-bond donors (Lipinski definition) is 0. The molecule has 0 saturated carbocycles. The van der Waals surface area contributed by atoms with Gasteiger partial charge >= 0.3 is 0 Å². The van der Waals surface area contributed by atoms with Crippen LogP contribution in [0.4, 0.5) is 5.95 Å². The molecule has 1 spiro atoms. The van der Waals surface area contributed by atoms with E-state index in [0.717, 1.165) is 0 Å². The van der Waals surface area contributed by atoms with Gasteiger partial charge in [0.15, 0.2) is 0 Å². The number of nitrogens with zero attached hydrogens (tertiary/aromatic N) is 5. The number of carbonyl (C=O) groups is 1. The molecule has 136 valence electrons. The van der Waals surface area contributed by atoms with Crippen molar-refractivity contribution in [1.29, 1.82) is 0 Å². The minimum absolute atomic E-state index is 0.0347. The zero-order valence-electron chi connectivity index (χ0n) is 14.5. The Kier molecular flexibility index (Phi) is 4.77. The van der Waals surface area contributed by atoms with Crippen molar-refractivity contribution in [2.45, 2.75) is 5.60 Å². The minimum atomic E-state index is -0.591. The number of anilines is 1. The quantitative estimate of drug-likeness (QED) is 0.781. The molecule has 2 aliphatic rings. The lowest BCUT2D eigenvalue weighted by Gasteiger charge is -2.43. The van der Waals surface area contributed by atoms with E-state index in [1.165, 1.54) is 0 Å².